The summed E-state index contributed by atoms with van der Waals surface area (Å²) < 4.78 is 1.69. The molecule has 17 heavy (non-hydrogen) atoms. The van der Waals surface area contributed by atoms with Crippen LogP contribution in [0.4, 0.5) is 0 Å². The second-order valence-electron chi connectivity index (χ2n) is 3.52. The molecule has 0 saturated carbocycles. The van der Waals surface area contributed by atoms with Gasteiger partial charge in [0.05, 0.1) is 12.5 Å². The molecule has 0 unspecified atom stereocenters. The third-order valence-electron chi connectivity index (χ3n) is 2.10. The maximum atomic E-state index is 11.0. The predicted molar refractivity (Wildman–Crippen MR) is 70.7 cm³/mol. The highest BCUT2D eigenvalue weighted by molar-refractivity contribution is 9.13. The van der Waals surface area contributed by atoms with Crippen molar-refractivity contribution in [3.8, 4) is 0 Å². The Labute approximate surface area is 116 Å². The van der Waals surface area contributed by atoms with Gasteiger partial charge < -0.3 is 10.4 Å². The number of hydrogen-bond donors (Lipinski definition) is 2. The van der Waals surface area contributed by atoms with Gasteiger partial charge in [-0.15, -0.1) is 0 Å². The van der Waals surface area contributed by atoms with Crippen LogP contribution in [0, 0.1) is 0 Å². The van der Waals surface area contributed by atoms with Gasteiger partial charge in [0, 0.05) is 15.9 Å². The molecule has 1 rings (SSSR count). The average Bonchev–Trinajstić information content (AvgIpc) is 2.19. The van der Waals surface area contributed by atoms with E-state index in [-0.39, 0.29) is 12.3 Å². The summed E-state index contributed by atoms with van der Waals surface area (Å²) in [5.41, 5.74) is 0.748. The zero-order chi connectivity index (χ0) is 13.0. The van der Waals surface area contributed by atoms with Gasteiger partial charge in [0.1, 0.15) is 0 Å². The average molecular weight is 365 g/mol. The van der Waals surface area contributed by atoms with Crippen molar-refractivity contribution in [2.75, 3.05) is 0 Å². The van der Waals surface area contributed by atoms with E-state index in [1.807, 2.05) is 0 Å². The minimum absolute atomic E-state index is 0.145. The largest absolute Gasteiger partial charge is 0.481 e. The normalized spacial score (nSPS) is 11.9. The summed E-state index contributed by atoms with van der Waals surface area (Å²) in [7, 11) is 0. The number of benzene rings is 1. The smallest absolute Gasteiger partial charge is 0.305 e. The van der Waals surface area contributed by atoms with Crippen molar-refractivity contribution >= 4 is 43.7 Å². The Morgan fingerprint density at radius 2 is 2.00 bits per heavy atom. The number of carboxylic acids is 1. The first-order valence-corrected chi connectivity index (χ1v) is 6.42. The van der Waals surface area contributed by atoms with Gasteiger partial charge >= 0.3 is 5.97 Å². The Morgan fingerprint density at radius 3 is 2.47 bits per heavy atom. The first-order chi connectivity index (χ1) is 7.90. The molecule has 1 aromatic carbocycles. The molecule has 92 valence electrons. The van der Waals surface area contributed by atoms with Crippen molar-refractivity contribution in [2.45, 2.75) is 19.4 Å². The lowest BCUT2D eigenvalue weighted by Gasteiger charge is -2.16. The zero-order valence-corrected chi connectivity index (χ0v) is 12.2. The Balaban J connectivity index is 2.98. The lowest BCUT2D eigenvalue weighted by Crippen LogP contribution is -2.28. The van der Waals surface area contributed by atoms with Gasteiger partial charge in [-0.1, -0.05) is 6.07 Å². The highest BCUT2D eigenvalue weighted by Crippen LogP contribution is 2.27. The maximum Gasteiger partial charge on any atom is 0.305 e. The number of rotatable bonds is 4. The summed E-state index contributed by atoms with van der Waals surface area (Å²) in [6.45, 7) is 1.36. The number of amides is 1. The van der Waals surface area contributed by atoms with Gasteiger partial charge in [-0.3, -0.25) is 9.59 Å². The molecule has 1 amide bonds. The summed E-state index contributed by atoms with van der Waals surface area (Å²) in [6, 6.07) is 4.84. The highest BCUT2D eigenvalue weighted by atomic mass is 79.9. The standard InChI is InChI=1S/C11H11Br2NO3/c1-6(15)14-10(5-11(16)17)7-2-3-8(12)9(13)4-7/h2-4,10H,5H2,1H3,(H,14,15)(H,16,17)/t10-/m1/s1. The molecule has 0 spiro atoms. The molecule has 0 radical (unpaired) electrons. The summed E-state index contributed by atoms with van der Waals surface area (Å²) in [5, 5.41) is 11.4. The first kappa shape index (κ1) is 14.2. The second kappa shape index (κ2) is 6.16. The van der Waals surface area contributed by atoms with Gasteiger partial charge in [0.15, 0.2) is 0 Å². The summed E-state index contributed by atoms with van der Waals surface area (Å²) in [4.78, 5) is 21.8. The predicted octanol–water partition coefficient (Wildman–Crippen LogP) is 2.86. The first-order valence-electron chi connectivity index (χ1n) is 4.84. The molecule has 0 heterocycles. The number of carboxylic acid groups (broad SMARTS) is 1. The Bertz CT molecular complexity index is 432. The van der Waals surface area contributed by atoms with Crippen LogP contribution in [0.5, 0.6) is 0 Å². The molecule has 1 atom stereocenters. The van der Waals surface area contributed by atoms with Crippen LogP contribution in [0.2, 0.25) is 0 Å². The summed E-state index contributed by atoms with van der Waals surface area (Å²) in [6.07, 6.45) is -0.145. The minimum atomic E-state index is -0.956. The number of carbonyl (C=O) groups excluding carboxylic acids is 1. The quantitative estimate of drug-likeness (QED) is 0.863. The molecule has 1 aromatic rings. The van der Waals surface area contributed by atoms with E-state index < -0.39 is 12.0 Å². The van der Waals surface area contributed by atoms with Gasteiger partial charge in [-0.2, -0.15) is 0 Å². The molecule has 0 aliphatic rings. The van der Waals surface area contributed by atoms with Crippen LogP contribution < -0.4 is 5.32 Å². The Hall–Kier alpha value is -0.880. The third kappa shape index (κ3) is 4.47. The van der Waals surface area contributed by atoms with E-state index in [9.17, 15) is 9.59 Å². The summed E-state index contributed by atoms with van der Waals surface area (Å²) >= 11 is 6.67. The Morgan fingerprint density at radius 1 is 1.35 bits per heavy atom. The van der Waals surface area contributed by atoms with Crippen molar-refractivity contribution in [2.24, 2.45) is 0 Å². The molecule has 2 N–H and O–H groups in total. The van der Waals surface area contributed by atoms with Gasteiger partial charge in [0.25, 0.3) is 0 Å². The van der Waals surface area contributed by atoms with E-state index in [0.29, 0.717) is 0 Å². The molecular weight excluding hydrogens is 354 g/mol. The number of halogens is 2. The molecule has 0 saturated heterocycles. The van der Waals surface area contributed by atoms with E-state index in [1.165, 1.54) is 6.92 Å². The topological polar surface area (TPSA) is 66.4 Å². The van der Waals surface area contributed by atoms with E-state index in [4.69, 9.17) is 5.11 Å². The number of carbonyl (C=O) groups is 2. The lowest BCUT2D eigenvalue weighted by atomic mass is 10.0. The van der Waals surface area contributed by atoms with Crippen molar-refractivity contribution in [3.63, 3.8) is 0 Å². The minimum Gasteiger partial charge on any atom is -0.481 e. The van der Waals surface area contributed by atoms with E-state index in [2.05, 4.69) is 37.2 Å². The molecular formula is C11H11Br2NO3. The molecule has 0 aliphatic carbocycles. The van der Waals surface area contributed by atoms with Crippen LogP contribution in [0.3, 0.4) is 0 Å². The van der Waals surface area contributed by atoms with Gasteiger partial charge in [-0.05, 0) is 49.6 Å². The summed E-state index contributed by atoms with van der Waals surface area (Å²) in [5.74, 6) is -1.21. The number of hydrogen-bond acceptors (Lipinski definition) is 2. The fourth-order valence-electron chi connectivity index (χ4n) is 1.40. The van der Waals surface area contributed by atoms with Crippen molar-refractivity contribution in [3.05, 3.63) is 32.7 Å². The number of aliphatic carboxylic acids is 1. The van der Waals surface area contributed by atoms with Crippen molar-refractivity contribution in [1.29, 1.82) is 0 Å². The van der Waals surface area contributed by atoms with Gasteiger partial charge in [0.2, 0.25) is 5.91 Å². The SMILES string of the molecule is CC(=O)N[C@H](CC(=O)O)c1ccc(Br)c(Br)c1. The van der Waals surface area contributed by atoms with Crippen molar-refractivity contribution in [1.82, 2.24) is 5.32 Å². The third-order valence-corrected chi connectivity index (χ3v) is 3.98. The van der Waals surface area contributed by atoms with Crippen LogP contribution in [0.25, 0.3) is 0 Å². The van der Waals surface area contributed by atoms with Crippen LogP contribution in [-0.4, -0.2) is 17.0 Å². The number of nitrogens with one attached hydrogen (secondary N) is 1. The van der Waals surface area contributed by atoms with Crippen LogP contribution >= 0.6 is 31.9 Å². The molecule has 0 aliphatic heterocycles. The zero-order valence-electron chi connectivity index (χ0n) is 9.04. The van der Waals surface area contributed by atoms with Crippen LogP contribution in [0.15, 0.2) is 27.1 Å². The lowest BCUT2D eigenvalue weighted by molar-refractivity contribution is -0.137. The van der Waals surface area contributed by atoms with E-state index >= 15 is 0 Å². The van der Waals surface area contributed by atoms with E-state index in [0.717, 1.165) is 14.5 Å². The monoisotopic (exact) mass is 363 g/mol. The molecule has 0 bridgehead atoms. The molecule has 4 nitrogen and oxygen atoms in total. The van der Waals surface area contributed by atoms with Crippen LogP contribution in [0.1, 0.15) is 24.9 Å². The highest BCUT2D eigenvalue weighted by Gasteiger charge is 2.17. The van der Waals surface area contributed by atoms with Gasteiger partial charge in [-0.25, -0.2) is 0 Å². The molecule has 6 heteroatoms. The second-order valence-corrected chi connectivity index (χ2v) is 5.23. The van der Waals surface area contributed by atoms with Crippen LogP contribution in [-0.2, 0) is 9.59 Å². The maximum absolute atomic E-state index is 11.0. The molecule has 0 aromatic heterocycles. The fraction of sp³-hybridized carbons (Fsp3) is 0.273. The van der Waals surface area contributed by atoms with E-state index in [1.54, 1.807) is 18.2 Å². The Kier molecular flexibility index (Phi) is 5.14. The molecule has 0 fully saturated rings. The van der Waals surface area contributed by atoms with Crippen molar-refractivity contribution < 1.29 is 14.7 Å². The fourth-order valence-corrected chi connectivity index (χ4v) is 2.04.